The number of para-hydroxylation sites is 2. The Balaban J connectivity index is 0.960. The first kappa shape index (κ1) is 36.2. The van der Waals surface area contributed by atoms with Crippen molar-refractivity contribution in [2.45, 2.75) is 0 Å². The van der Waals surface area contributed by atoms with Crippen molar-refractivity contribution in [2.24, 2.45) is 0 Å². The molecular formula is C61H39N3. The molecule has 0 aliphatic rings. The zero-order valence-corrected chi connectivity index (χ0v) is 34.9. The second-order valence-electron chi connectivity index (χ2n) is 16.7. The highest BCUT2D eigenvalue weighted by atomic mass is 15.1. The summed E-state index contributed by atoms with van der Waals surface area (Å²) in [5.41, 5.74) is 12.3. The number of aromatic nitrogens is 2. The molecular weight excluding hydrogens is 775 g/mol. The maximum Gasteiger partial charge on any atom is 0.145 e. The van der Waals surface area contributed by atoms with Crippen LogP contribution in [0.1, 0.15) is 0 Å². The van der Waals surface area contributed by atoms with Crippen molar-refractivity contribution in [1.29, 1.82) is 0 Å². The lowest BCUT2D eigenvalue weighted by Crippen LogP contribution is -2.09. The van der Waals surface area contributed by atoms with Gasteiger partial charge in [0.05, 0.1) is 11.0 Å². The zero-order valence-electron chi connectivity index (χ0n) is 34.9. The second-order valence-corrected chi connectivity index (χ2v) is 16.7. The molecule has 0 N–H and O–H groups in total. The highest BCUT2D eigenvalue weighted by Crippen LogP contribution is 2.43. The molecule has 1 aromatic heterocycles. The minimum Gasteiger partial charge on any atom is -0.311 e. The monoisotopic (exact) mass is 813 g/mol. The molecule has 298 valence electrons. The lowest BCUT2D eigenvalue weighted by Gasteiger charge is -2.25. The Morgan fingerprint density at radius 2 is 0.844 bits per heavy atom. The van der Waals surface area contributed by atoms with Crippen LogP contribution in [0.2, 0.25) is 0 Å². The van der Waals surface area contributed by atoms with E-state index in [4.69, 9.17) is 4.98 Å². The van der Waals surface area contributed by atoms with Crippen molar-refractivity contribution >= 4 is 82.0 Å². The number of imidazole rings is 1. The molecule has 1 heterocycles. The standard InChI is InChI=1S/C61H39N3/c1-3-16-47(17-4-1)63(48-18-5-2-6-19-48)49-35-31-41(32-36-49)40-25-29-45(30-26-40)61-62-59-55-23-9-7-21-52(55)53-22-8-10-24-56(53)60(59)64(61)50-20-12-15-46(39-50)51-37-33-44-28-27-42-13-11-14-43-34-38-54(51)58(44)57(42)43/h1-39H. The summed E-state index contributed by atoms with van der Waals surface area (Å²) in [4.78, 5) is 7.89. The lowest BCUT2D eigenvalue weighted by molar-refractivity contribution is 1.11. The molecule has 0 fully saturated rings. The molecule has 0 unspecified atom stereocenters. The Bertz CT molecular complexity index is 3810. The van der Waals surface area contributed by atoms with Gasteiger partial charge in [-0.1, -0.05) is 188 Å². The van der Waals surface area contributed by atoms with E-state index in [0.29, 0.717) is 0 Å². The third-order valence-electron chi connectivity index (χ3n) is 13.1. The molecule has 12 aromatic carbocycles. The van der Waals surface area contributed by atoms with Crippen molar-refractivity contribution in [3.05, 3.63) is 237 Å². The molecule has 0 saturated heterocycles. The molecule has 0 aliphatic carbocycles. The average molecular weight is 814 g/mol. The first-order valence-electron chi connectivity index (χ1n) is 22.0. The van der Waals surface area contributed by atoms with E-state index in [2.05, 4.69) is 246 Å². The molecule has 0 spiro atoms. The SMILES string of the molecule is c1ccc(N(c2ccccc2)c2ccc(-c3ccc(-c4nc5c6ccccc6c6ccccc6c5n4-c4cccc(-c5ccc6ccc7cccc8ccc5c6c78)c4)cc3)cc2)cc1. The smallest absolute Gasteiger partial charge is 0.145 e. The van der Waals surface area contributed by atoms with Crippen LogP contribution in [0.4, 0.5) is 17.1 Å². The van der Waals surface area contributed by atoms with E-state index in [9.17, 15) is 0 Å². The maximum absolute atomic E-state index is 5.59. The van der Waals surface area contributed by atoms with E-state index >= 15 is 0 Å². The number of anilines is 3. The third kappa shape index (κ3) is 5.72. The zero-order chi connectivity index (χ0) is 42.1. The fraction of sp³-hybridized carbons (Fsp3) is 0. The van der Waals surface area contributed by atoms with Crippen LogP contribution in [0.25, 0.3) is 104 Å². The van der Waals surface area contributed by atoms with Gasteiger partial charge in [-0.2, -0.15) is 0 Å². The quantitative estimate of drug-likeness (QED) is 0.149. The van der Waals surface area contributed by atoms with Gasteiger partial charge in [0.1, 0.15) is 5.82 Å². The predicted molar refractivity (Wildman–Crippen MR) is 271 cm³/mol. The number of hydrogen-bond acceptors (Lipinski definition) is 2. The van der Waals surface area contributed by atoms with Crippen LogP contribution in [0.15, 0.2) is 237 Å². The van der Waals surface area contributed by atoms with E-state index in [1.807, 2.05) is 0 Å². The van der Waals surface area contributed by atoms with Gasteiger partial charge in [0.2, 0.25) is 0 Å². The Hall–Kier alpha value is -8.53. The Kier molecular flexibility index (Phi) is 8.22. The summed E-state index contributed by atoms with van der Waals surface area (Å²) in [5, 5.41) is 12.5. The van der Waals surface area contributed by atoms with Crippen molar-refractivity contribution in [2.75, 3.05) is 4.90 Å². The number of rotatable bonds is 7. The lowest BCUT2D eigenvalue weighted by atomic mass is 9.90. The van der Waals surface area contributed by atoms with Crippen LogP contribution in [0.5, 0.6) is 0 Å². The molecule has 64 heavy (non-hydrogen) atoms. The predicted octanol–water partition coefficient (Wildman–Crippen LogP) is 16.7. The Labute approximate surface area is 370 Å². The van der Waals surface area contributed by atoms with Gasteiger partial charge in [-0.15, -0.1) is 0 Å². The summed E-state index contributed by atoms with van der Waals surface area (Å²) in [6.45, 7) is 0. The molecule has 13 aromatic rings. The fourth-order valence-electron chi connectivity index (χ4n) is 10.2. The van der Waals surface area contributed by atoms with Crippen LogP contribution >= 0.6 is 0 Å². The van der Waals surface area contributed by atoms with Crippen LogP contribution < -0.4 is 4.90 Å². The molecule has 0 aliphatic heterocycles. The van der Waals surface area contributed by atoms with Crippen LogP contribution in [0.3, 0.4) is 0 Å². The van der Waals surface area contributed by atoms with Crippen molar-refractivity contribution in [1.82, 2.24) is 9.55 Å². The molecule has 0 amide bonds. The van der Waals surface area contributed by atoms with E-state index in [1.54, 1.807) is 0 Å². The van der Waals surface area contributed by atoms with Gasteiger partial charge in [-0.25, -0.2) is 4.98 Å². The second kappa shape index (κ2) is 14.5. The van der Waals surface area contributed by atoms with Gasteiger partial charge in [-0.3, -0.25) is 4.57 Å². The largest absolute Gasteiger partial charge is 0.311 e. The summed E-state index contributed by atoms with van der Waals surface area (Å²) in [5.74, 6) is 0.910. The highest BCUT2D eigenvalue weighted by molar-refractivity contribution is 6.26. The minimum absolute atomic E-state index is 0.910. The van der Waals surface area contributed by atoms with E-state index in [1.165, 1.54) is 59.6 Å². The molecule has 13 rings (SSSR count). The minimum atomic E-state index is 0.910. The van der Waals surface area contributed by atoms with Crippen molar-refractivity contribution in [3.8, 4) is 39.3 Å². The first-order chi connectivity index (χ1) is 31.7. The van der Waals surface area contributed by atoms with Crippen molar-refractivity contribution in [3.63, 3.8) is 0 Å². The maximum atomic E-state index is 5.59. The third-order valence-corrected chi connectivity index (χ3v) is 13.1. The molecule has 0 radical (unpaired) electrons. The number of hydrogen-bond donors (Lipinski definition) is 0. The van der Waals surface area contributed by atoms with E-state index in [0.717, 1.165) is 61.7 Å². The van der Waals surface area contributed by atoms with Crippen LogP contribution in [-0.2, 0) is 0 Å². The summed E-state index contributed by atoms with van der Waals surface area (Å²) in [6, 6.07) is 85.7. The van der Waals surface area contributed by atoms with E-state index < -0.39 is 0 Å². The number of benzene rings is 12. The molecule has 3 heteroatoms. The van der Waals surface area contributed by atoms with Gasteiger partial charge in [-0.05, 0) is 114 Å². The molecule has 0 atom stereocenters. The Morgan fingerprint density at radius 3 is 1.53 bits per heavy atom. The summed E-state index contributed by atoms with van der Waals surface area (Å²) < 4.78 is 2.40. The van der Waals surface area contributed by atoms with Gasteiger partial charge in [0.25, 0.3) is 0 Å². The molecule has 3 nitrogen and oxygen atoms in total. The summed E-state index contributed by atoms with van der Waals surface area (Å²) in [7, 11) is 0. The van der Waals surface area contributed by atoms with Gasteiger partial charge in [0, 0.05) is 39.1 Å². The van der Waals surface area contributed by atoms with Crippen LogP contribution in [0, 0.1) is 0 Å². The van der Waals surface area contributed by atoms with Gasteiger partial charge < -0.3 is 4.90 Å². The van der Waals surface area contributed by atoms with E-state index in [-0.39, 0.29) is 0 Å². The van der Waals surface area contributed by atoms with Gasteiger partial charge >= 0.3 is 0 Å². The molecule has 0 saturated carbocycles. The topological polar surface area (TPSA) is 21.1 Å². The normalized spacial score (nSPS) is 11.8. The average Bonchev–Trinajstić information content (AvgIpc) is 3.78. The Morgan fingerprint density at radius 1 is 0.328 bits per heavy atom. The summed E-state index contributed by atoms with van der Waals surface area (Å²) in [6.07, 6.45) is 0. The van der Waals surface area contributed by atoms with Gasteiger partial charge in [0.15, 0.2) is 0 Å². The fourth-order valence-corrected chi connectivity index (χ4v) is 10.2. The summed E-state index contributed by atoms with van der Waals surface area (Å²) >= 11 is 0. The van der Waals surface area contributed by atoms with Crippen LogP contribution in [-0.4, -0.2) is 9.55 Å². The first-order valence-corrected chi connectivity index (χ1v) is 22.0. The number of fused-ring (bicyclic) bond motifs is 6. The van der Waals surface area contributed by atoms with Crippen molar-refractivity contribution < 1.29 is 0 Å². The number of nitrogens with zero attached hydrogens (tertiary/aromatic N) is 3. The highest BCUT2D eigenvalue weighted by Gasteiger charge is 2.21. The molecule has 0 bridgehead atoms.